The molecule has 3 aromatic rings. The summed E-state index contributed by atoms with van der Waals surface area (Å²) in [6.45, 7) is 2.00. The van der Waals surface area contributed by atoms with Crippen molar-refractivity contribution in [2.24, 2.45) is 0 Å². The third-order valence-electron chi connectivity index (χ3n) is 4.09. The number of nitrogens with one attached hydrogen (secondary N) is 1. The van der Waals surface area contributed by atoms with Crippen LogP contribution in [0.4, 0.5) is 4.79 Å². The summed E-state index contributed by atoms with van der Waals surface area (Å²) in [6.07, 6.45) is -0.548. The van der Waals surface area contributed by atoms with E-state index in [0.29, 0.717) is 5.56 Å². The van der Waals surface area contributed by atoms with Crippen molar-refractivity contribution in [2.75, 3.05) is 7.11 Å². The standard InChI is InChI=1S/C20H19NO3/c1-13-7-9-15(10-8-13)19(21-20(23)24-2)18-16-6-4-3-5-14(16)11-12-17(18)22/h3-12,19,22H,1-2H3,(H,21,23). The second-order valence-electron chi connectivity index (χ2n) is 5.70. The minimum Gasteiger partial charge on any atom is -0.508 e. The summed E-state index contributed by atoms with van der Waals surface area (Å²) in [4.78, 5) is 11.9. The zero-order chi connectivity index (χ0) is 17.1. The summed E-state index contributed by atoms with van der Waals surface area (Å²) in [5.41, 5.74) is 2.65. The van der Waals surface area contributed by atoms with Crippen LogP contribution in [0.5, 0.6) is 5.75 Å². The van der Waals surface area contributed by atoms with E-state index in [9.17, 15) is 9.90 Å². The molecule has 3 rings (SSSR count). The van der Waals surface area contributed by atoms with Crippen LogP contribution < -0.4 is 5.32 Å². The second-order valence-corrected chi connectivity index (χ2v) is 5.70. The average molecular weight is 321 g/mol. The lowest BCUT2D eigenvalue weighted by molar-refractivity contribution is 0.168. The molecule has 4 heteroatoms. The van der Waals surface area contributed by atoms with Gasteiger partial charge in [-0.1, -0.05) is 60.2 Å². The number of aromatic hydroxyl groups is 1. The lowest BCUT2D eigenvalue weighted by Gasteiger charge is -2.22. The second kappa shape index (κ2) is 6.62. The molecule has 0 aliphatic carbocycles. The Morgan fingerprint density at radius 3 is 2.46 bits per heavy atom. The van der Waals surface area contributed by atoms with Crippen LogP contribution in [0.25, 0.3) is 10.8 Å². The minimum atomic E-state index is -0.548. The largest absolute Gasteiger partial charge is 0.508 e. The third-order valence-corrected chi connectivity index (χ3v) is 4.09. The number of hydrogen-bond donors (Lipinski definition) is 2. The number of fused-ring (bicyclic) bond motifs is 1. The van der Waals surface area contributed by atoms with E-state index in [2.05, 4.69) is 5.32 Å². The number of ether oxygens (including phenoxy) is 1. The Labute approximate surface area is 140 Å². The molecule has 0 aliphatic rings. The Bertz CT molecular complexity index is 872. The van der Waals surface area contributed by atoms with Crippen LogP contribution >= 0.6 is 0 Å². The molecule has 0 spiro atoms. The number of phenols is 1. The quantitative estimate of drug-likeness (QED) is 0.756. The van der Waals surface area contributed by atoms with E-state index in [-0.39, 0.29) is 5.75 Å². The molecular weight excluding hydrogens is 302 g/mol. The van der Waals surface area contributed by atoms with E-state index in [4.69, 9.17) is 4.74 Å². The fourth-order valence-electron chi connectivity index (χ4n) is 2.85. The molecule has 0 heterocycles. The van der Waals surface area contributed by atoms with E-state index >= 15 is 0 Å². The SMILES string of the molecule is COC(=O)NC(c1ccc(C)cc1)c1c(O)ccc2ccccc12. The van der Waals surface area contributed by atoms with E-state index in [1.807, 2.05) is 61.5 Å². The molecule has 0 saturated heterocycles. The molecule has 4 nitrogen and oxygen atoms in total. The summed E-state index contributed by atoms with van der Waals surface area (Å²) >= 11 is 0. The van der Waals surface area contributed by atoms with Crippen molar-refractivity contribution in [3.8, 4) is 5.75 Å². The number of methoxy groups -OCH3 is 1. The minimum absolute atomic E-state index is 0.135. The summed E-state index contributed by atoms with van der Waals surface area (Å²) in [7, 11) is 1.32. The Hall–Kier alpha value is -3.01. The number of hydrogen-bond acceptors (Lipinski definition) is 3. The Kier molecular flexibility index (Phi) is 4.38. The molecule has 122 valence electrons. The maximum absolute atomic E-state index is 11.9. The van der Waals surface area contributed by atoms with Crippen LogP contribution in [0.1, 0.15) is 22.7 Å². The molecule has 0 aliphatic heterocycles. The number of carbonyl (C=O) groups excluding carboxylic acids is 1. The molecule has 24 heavy (non-hydrogen) atoms. The Morgan fingerprint density at radius 1 is 1.04 bits per heavy atom. The lowest BCUT2D eigenvalue weighted by Crippen LogP contribution is -2.29. The highest BCUT2D eigenvalue weighted by atomic mass is 16.5. The monoisotopic (exact) mass is 321 g/mol. The van der Waals surface area contributed by atoms with Crippen LogP contribution in [-0.4, -0.2) is 18.3 Å². The van der Waals surface area contributed by atoms with Crippen LogP contribution in [0.2, 0.25) is 0 Å². The topological polar surface area (TPSA) is 58.6 Å². The van der Waals surface area contributed by atoms with Gasteiger partial charge in [0, 0.05) is 5.56 Å². The first-order valence-electron chi connectivity index (χ1n) is 7.72. The fraction of sp³-hybridized carbons (Fsp3) is 0.150. The van der Waals surface area contributed by atoms with Crippen LogP contribution in [-0.2, 0) is 4.74 Å². The third kappa shape index (κ3) is 3.04. The average Bonchev–Trinajstić information content (AvgIpc) is 2.61. The smallest absolute Gasteiger partial charge is 0.407 e. The van der Waals surface area contributed by atoms with Crippen molar-refractivity contribution in [1.82, 2.24) is 5.32 Å². The summed E-state index contributed by atoms with van der Waals surface area (Å²) in [5, 5.41) is 15.2. The lowest BCUT2D eigenvalue weighted by atomic mass is 9.92. The Balaban J connectivity index is 2.20. The first kappa shape index (κ1) is 15.9. The number of carbonyl (C=O) groups is 1. The van der Waals surface area contributed by atoms with Gasteiger partial charge in [-0.2, -0.15) is 0 Å². The highest BCUT2D eigenvalue weighted by Gasteiger charge is 2.22. The molecule has 0 bridgehead atoms. The number of aryl methyl sites for hydroxylation is 1. The zero-order valence-electron chi connectivity index (χ0n) is 13.6. The fourth-order valence-corrected chi connectivity index (χ4v) is 2.85. The molecule has 0 radical (unpaired) electrons. The van der Waals surface area contributed by atoms with Gasteiger partial charge >= 0.3 is 6.09 Å². The van der Waals surface area contributed by atoms with Crippen molar-refractivity contribution in [2.45, 2.75) is 13.0 Å². The van der Waals surface area contributed by atoms with E-state index in [0.717, 1.165) is 21.9 Å². The van der Waals surface area contributed by atoms with Crippen molar-refractivity contribution >= 4 is 16.9 Å². The maximum atomic E-state index is 11.9. The van der Waals surface area contributed by atoms with E-state index in [1.54, 1.807) is 6.07 Å². The molecule has 0 fully saturated rings. The van der Waals surface area contributed by atoms with Gasteiger partial charge in [-0.15, -0.1) is 0 Å². The van der Waals surface area contributed by atoms with Gasteiger partial charge < -0.3 is 15.2 Å². The number of phenolic OH excluding ortho intramolecular Hbond substituents is 1. The molecule has 1 amide bonds. The normalized spacial score (nSPS) is 11.9. The molecule has 1 atom stereocenters. The van der Waals surface area contributed by atoms with Crippen LogP contribution in [0, 0.1) is 6.92 Å². The molecule has 1 unspecified atom stereocenters. The highest BCUT2D eigenvalue weighted by molar-refractivity contribution is 5.89. The number of amides is 1. The van der Waals surface area contributed by atoms with Crippen molar-refractivity contribution in [3.05, 3.63) is 77.4 Å². The van der Waals surface area contributed by atoms with Gasteiger partial charge in [0.05, 0.1) is 13.2 Å². The molecule has 3 aromatic carbocycles. The highest BCUT2D eigenvalue weighted by Crippen LogP contribution is 2.35. The molecule has 0 aromatic heterocycles. The van der Waals surface area contributed by atoms with E-state index < -0.39 is 12.1 Å². The van der Waals surface area contributed by atoms with Gasteiger partial charge in [0.15, 0.2) is 0 Å². The van der Waals surface area contributed by atoms with Gasteiger partial charge in [-0.05, 0) is 29.3 Å². The zero-order valence-corrected chi connectivity index (χ0v) is 13.6. The summed E-state index contributed by atoms with van der Waals surface area (Å²) < 4.78 is 4.77. The van der Waals surface area contributed by atoms with Gasteiger partial charge in [0.2, 0.25) is 0 Å². The Morgan fingerprint density at radius 2 is 1.75 bits per heavy atom. The van der Waals surface area contributed by atoms with Crippen molar-refractivity contribution < 1.29 is 14.6 Å². The molecule has 2 N–H and O–H groups in total. The molecular formula is C20H19NO3. The number of benzene rings is 3. The van der Waals surface area contributed by atoms with Gasteiger partial charge in [-0.25, -0.2) is 4.79 Å². The first-order chi connectivity index (χ1) is 11.6. The summed E-state index contributed by atoms with van der Waals surface area (Å²) in [5.74, 6) is 0.135. The molecule has 0 saturated carbocycles. The van der Waals surface area contributed by atoms with Crippen molar-refractivity contribution in [3.63, 3.8) is 0 Å². The number of rotatable bonds is 3. The van der Waals surface area contributed by atoms with E-state index in [1.165, 1.54) is 7.11 Å². The number of alkyl carbamates (subject to hydrolysis) is 1. The first-order valence-corrected chi connectivity index (χ1v) is 7.72. The summed E-state index contributed by atoms with van der Waals surface area (Å²) in [6, 6.07) is 18.6. The van der Waals surface area contributed by atoms with Gasteiger partial charge in [0.25, 0.3) is 0 Å². The van der Waals surface area contributed by atoms with Crippen LogP contribution in [0.15, 0.2) is 60.7 Å². The predicted molar refractivity (Wildman–Crippen MR) is 94.2 cm³/mol. The van der Waals surface area contributed by atoms with Crippen LogP contribution in [0.3, 0.4) is 0 Å². The van der Waals surface area contributed by atoms with Gasteiger partial charge in [0.1, 0.15) is 5.75 Å². The predicted octanol–water partition coefficient (Wildman–Crippen LogP) is 4.30. The maximum Gasteiger partial charge on any atom is 0.407 e. The van der Waals surface area contributed by atoms with Gasteiger partial charge in [-0.3, -0.25) is 0 Å². The van der Waals surface area contributed by atoms with Crippen molar-refractivity contribution in [1.29, 1.82) is 0 Å².